The highest BCUT2D eigenvalue weighted by atomic mass is 16.5. The van der Waals surface area contributed by atoms with Crippen molar-refractivity contribution in [3.05, 3.63) is 29.8 Å². The lowest BCUT2D eigenvalue weighted by atomic mass is 10.2. The van der Waals surface area contributed by atoms with Crippen LogP contribution in [0.2, 0.25) is 0 Å². The molecule has 2 N–H and O–H groups in total. The Morgan fingerprint density at radius 2 is 1.97 bits per heavy atom. The highest BCUT2D eigenvalue weighted by molar-refractivity contribution is 5.79. The zero-order chi connectivity index (χ0) is 20.6. The van der Waals surface area contributed by atoms with Gasteiger partial charge >= 0.3 is 0 Å². The van der Waals surface area contributed by atoms with E-state index in [1.165, 1.54) is 0 Å². The summed E-state index contributed by atoms with van der Waals surface area (Å²) in [5.41, 5.74) is 1.14. The van der Waals surface area contributed by atoms with Gasteiger partial charge in [-0.05, 0) is 50.3 Å². The van der Waals surface area contributed by atoms with E-state index in [4.69, 9.17) is 18.9 Å². The molecular formula is C22H37N3O4. The molecule has 1 atom stereocenters. The number of hydrogen-bond donors (Lipinski definition) is 2. The van der Waals surface area contributed by atoms with Crippen LogP contribution in [0.3, 0.4) is 0 Å². The van der Waals surface area contributed by atoms with Crippen molar-refractivity contribution in [2.75, 3.05) is 53.2 Å². The smallest absolute Gasteiger partial charge is 0.191 e. The molecule has 0 aliphatic carbocycles. The third-order valence-electron chi connectivity index (χ3n) is 4.57. The number of aliphatic imine (C=N–C) groups is 1. The zero-order valence-corrected chi connectivity index (χ0v) is 18.0. The van der Waals surface area contributed by atoms with Crippen LogP contribution in [0.4, 0.5) is 0 Å². The van der Waals surface area contributed by atoms with E-state index >= 15 is 0 Å². The second-order valence-electron chi connectivity index (χ2n) is 7.01. The molecule has 1 saturated heterocycles. The van der Waals surface area contributed by atoms with Gasteiger partial charge in [0, 0.05) is 39.5 Å². The fourth-order valence-corrected chi connectivity index (χ4v) is 2.98. The molecule has 0 saturated carbocycles. The molecule has 1 aliphatic heterocycles. The standard InChI is InChI=1S/C22H37N3O4/c1-3-23-22(25-13-6-15-28-18-21-7-4-16-29-21)24-12-5-14-27-17-19-8-10-20(26-2)11-9-19/h8-11,21H,3-7,12-18H2,1-2H3,(H2,23,24,25). The minimum Gasteiger partial charge on any atom is -0.497 e. The number of rotatable bonds is 14. The van der Waals surface area contributed by atoms with Gasteiger partial charge in [-0.1, -0.05) is 12.1 Å². The molecule has 1 aliphatic rings. The van der Waals surface area contributed by atoms with E-state index in [1.54, 1.807) is 7.11 Å². The Morgan fingerprint density at radius 3 is 2.69 bits per heavy atom. The molecule has 1 fully saturated rings. The average molecular weight is 408 g/mol. The van der Waals surface area contributed by atoms with Gasteiger partial charge in [-0.25, -0.2) is 0 Å². The summed E-state index contributed by atoms with van der Waals surface area (Å²) in [7, 11) is 1.67. The molecule has 1 aromatic carbocycles. The van der Waals surface area contributed by atoms with Crippen LogP contribution in [0, 0.1) is 0 Å². The van der Waals surface area contributed by atoms with Crippen molar-refractivity contribution in [1.29, 1.82) is 0 Å². The topological polar surface area (TPSA) is 73.3 Å². The van der Waals surface area contributed by atoms with Gasteiger partial charge < -0.3 is 29.6 Å². The first-order chi connectivity index (χ1) is 14.3. The Hall–Kier alpha value is -1.83. The molecule has 7 heteroatoms. The van der Waals surface area contributed by atoms with E-state index in [1.807, 2.05) is 24.3 Å². The van der Waals surface area contributed by atoms with Crippen molar-refractivity contribution >= 4 is 5.96 Å². The van der Waals surface area contributed by atoms with Gasteiger partial charge in [-0.2, -0.15) is 0 Å². The van der Waals surface area contributed by atoms with E-state index in [2.05, 4.69) is 22.5 Å². The fourth-order valence-electron chi connectivity index (χ4n) is 2.98. The summed E-state index contributed by atoms with van der Waals surface area (Å²) in [4.78, 5) is 4.60. The molecule has 0 amide bonds. The Morgan fingerprint density at radius 1 is 1.14 bits per heavy atom. The molecule has 1 unspecified atom stereocenters. The van der Waals surface area contributed by atoms with Crippen molar-refractivity contribution in [3.8, 4) is 5.75 Å². The normalized spacial score (nSPS) is 16.8. The summed E-state index contributed by atoms with van der Waals surface area (Å²) in [5, 5.41) is 6.62. The van der Waals surface area contributed by atoms with Gasteiger partial charge in [0.25, 0.3) is 0 Å². The summed E-state index contributed by atoms with van der Waals surface area (Å²) in [6, 6.07) is 7.94. The van der Waals surface area contributed by atoms with E-state index in [9.17, 15) is 0 Å². The maximum Gasteiger partial charge on any atom is 0.191 e. The first-order valence-corrected chi connectivity index (χ1v) is 10.7. The van der Waals surface area contributed by atoms with Crippen molar-refractivity contribution < 1.29 is 18.9 Å². The number of methoxy groups -OCH3 is 1. The monoisotopic (exact) mass is 407 g/mol. The number of nitrogens with one attached hydrogen (secondary N) is 2. The summed E-state index contributed by atoms with van der Waals surface area (Å²) < 4.78 is 22.1. The molecule has 1 heterocycles. The van der Waals surface area contributed by atoms with E-state index in [0.717, 1.165) is 75.8 Å². The molecular weight excluding hydrogens is 370 g/mol. The lowest BCUT2D eigenvalue weighted by molar-refractivity contribution is 0.0168. The zero-order valence-electron chi connectivity index (χ0n) is 18.0. The second-order valence-corrected chi connectivity index (χ2v) is 7.01. The summed E-state index contributed by atoms with van der Waals surface area (Å²) in [6.45, 7) is 8.11. The highest BCUT2D eigenvalue weighted by Gasteiger charge is 2.14. The number of ether oxygens (including phenoxy) is 4. The minimum absolute atomic E-state index is 0.300. The van der Waals surface area contributed by atoms with E-state index in [0.29, 0.717) is 25.9 Å². The quantitative estimate of drug-likeness (QED) is 0.281. The third-order valence-corrected chi connectivity index (χ3v) is 4.57. The molecule has 1 aromatic rings. The van der Waals surface area contributed by atoms with Crippen LogP contribution in [-0.4, -0.2) is 65.2 Å². The van der Waals surface area contributed by atoms with Gasteiger partial charge in [-0.15, -0.1) is 0 Å². The van der Waals surface area contributed by atoms with Crippen LogP contribution in [0.25, 0.3) is 0 Å². The molecule has 0 bridgehead atoms. The first kappa shape index (κ1) is 23.4. The SMILES string of the molecule is CCNC(=NCCCOCc1ccc(OC)cc1)NCCCOCC1CCCO1. The summed E-state index contributed by atoms with van der Waals surface area (Å²) >= 11 is 0. The molecule has 2 rings (SSSR count). The summed E-state index contributed by atoms with van der Waals surface area (Å²) in [5.74, 6) is 1.71. The van der Waals surface area contributed by atoms with Crippen molar-refractivity contribution in [2.24, 2.45) is 4.99 Å². The molecule has 164 valence electrons. The highest BCUT2D eigenvalue weighted by Crippen LogP contribution is 2.12. The van der Waals surface area contributed by atoms with Crippen molar-refractivity contribution in [2.45, 2.75) is 45.3 Å². The molecule has 7 nitrogen and oxygen atoms in total. The van der Waals surface area contributed by atoms with Crippen molar-refractivity contribution in [1.82, 2.24) is 10.6 Å². The number of hydrogen-bond acceptors (Lipinski definition) is 5. The molecule has 29 heavy (non-hydrogen) atoms. The van der Waals surface area contributed by atoms with Crippen LogP contribution >= 0.6 is 0 Å². The van der Waals surface area contributed by atoms with Gasteiger partial charge in [-0.3, -0.25) is 4.99 Å². The van der Waals surface area contributed by atoms with Gasteiger partial charge in [0.1, 0.15) is 5.75 Å². The Labute approximate surface area is 175 Å². The second kappa shape index (κ2) is 15.1. The predicted octanol–water partition coefficient (Wildman–Crippen LogP) is 2.74. The lowest BCUT2D eigenvalue weighted by Crippen LogP contribution is -2.38. The average Bonchev–Trinajstić information content (AvgIpc) is 3.27. The van der Waals surface area contributed by atoms with E-state index < -0.39 is 0 Å². The van der Waals surface area contributed by atoms with Gasteiger partial charge in [0.05, 0.1) is 26.4 Å². The van der Waals surface area contributed by atoms with Crippen molar-refractivity contribution in [3.63, 3.8) is 0 Å². The maximum atomic E-state index is 5.72. The number of benzene rings is 1. The molecule has 0 spiro atoms. The third kappa shape index (κ3) is 10.5. The van der Waals surface area contributed by atoms with Crippen LogP contribution < -0.4 is 15.4 Å². The minimum atomic E-state index is 0.300. The molecule has 0 radical (unpaired) electrons. The summed E-state index contributed by atoms with van der Waals surface area (Å²) in [6.07, 6.45) is 4.41. The number of nitrogens with zero attached hydrogens (tertiary/aromatic N) is 1. The predicted molar refractivity (Wildman–Crippen MR) is 116 cm³/mol. The van der Waals surface area contributed by atoms with Crippen LogP contribution in [0.5, 0.6) is 5.75 Å². The van der Waals surface area contributed by atoms with Crippen LogP contribution in [0.1, 0.15) is 38.2 Å². The Kier molecular flexibility index (Phi) is 12.2. The molecule has 0 aromatic heterocycles. The Bertz CT molecular complexity index is 560. The lowest BCUT2D eigenvalue weighted by Gasteiger charge is -2.12. The van der Waals surface area contributed by atoms with Gasteiger partial charge in [0.2, 0.25) is 0 Å². The Balaban J connectivity index is 1.50. The van der Waals surface area contributed by atoms with E-state index in [-0.39, 0.29) is 0 Å². The largest absolute Gasteiger partial charge is 0.497 e. The fraction of sp³-hybridized carbons (Fsp3) is 0.682. The number of guanidine groups is 1. The van der Waals surface area contributed by atoms with Crippen LogP contribution in [0.15, 0.2) is 29.3 Å². The first-order valence-electron chi connectivity index (χ1n) is 10.7. The maximum absolute atomic E-state index is 5.72. The van der Waals surface area contributed by atoms with Crippen LogP contribution in [-0.2, 0) is 20.8 Å². The van der Waals surface area contributed by atoms with Gasteiger partial charge in [0.15, 0.2) is 5.96 Å².